The topological polar surface area (TPSA) is 90.1 Å². The molecular formula is C20H13Br2ClN2O5. The highest BCUT2D eigenvalue weighted by Crippen LogP contribution is 2.28. The standard InChI is InChI=1S/C20H13Br2ClN2O5/c21-13-3-5-16(30-20(27)18-2-1-7-28-18)12(8-13)10-24-25-19(26)11-29-17-6-4-14(23)9-15(17)22/h1-10H,11H2,(H,25,26). The number of carbonyl (C=O) groups is 2. The van der Waals surface area contributed by atoms with E-state index in [1.807, 2.05) is 0 Å². The van der Waals surface area contributed by atoms with Crippen LogP contribution in [0.4, 0.5) is 0 Å². The van der Waals surface area contributed by atoms with Gasteiger partial charge in [-0.2, -0.15) is 5.10 Å². The van der Waals surface area contributed by atoms with Gasteiger partial charge in [-0.05, 0) is 64.5 Å². The van der Waals surface area contributed by atoms with Crippen LogP contribution in [0.2, 0.25) is 5.02 Å². The van der Waals surface area contributed by atoms with Gasteiger partial charge in [0.15, 0.2) is 6.61 Å². The Labute approximate surface area is 193 Å². The molecule has 0 aliphatic carbocycles. The Hall–Kier alpha value is -2.62. The van der Waals surface area contributed by atoms with Crippen molar-refractivity contribution in [2.45, 2.75) is 0 Å². The normalized spacial score (nSPS) is 10.8. The summed E-state index contributed by atoms with van der Waals surface area (Å²) in [5.74, 6) is -0.337. The third kappa shape index (κ3) is 6.19. The zero-order valence-electron chi connectivity index (χ0n) is 15.1. The summed E-state index contributed by atoms with van der Waals surface area (Å²) in [5, 5.41) is 4.43. The van der Waals surface area contributed by atoms with Gasteiger partial charge in [-0.3, -0.25) is 4.79 Å². The van der Waals surface area contributed by atoms with Gasteiger partial charge in [0, 0.05) is 15.1 Å². The van der Waals surface area contributed by atoms with Crippen molar-refractivity contribution in [1.82, 2.24) is 5.43 Å². The molecule has 0 unspecified atom stereocenters. The van der Waals surface area contributed by atoms with Crippen molar-refractivity contribution in [1.29, 1.82) is 0 Å². The first-order chi connectivity index (χ1) is 14.4. The summed E-state index contributed by atoms with van der Waals surface area (Å²) in [6, 6.07) is 13.0. The highest BCUT2D eigenvalue weighted by Gasteiger charge is 2.14. The van der Waals surface area contributed by atoms with E-state index in [0.29, 0.717) is 20.8 Å². The van der Waals surface area contributed by atoms with Crippen molar-refractivity contribution in [3.05, 3.63) is 80.1 Å². The van der Waals surface area contributed by atoms with Crippen LogP contribution in [0.5, 0.6) is 11.5 Å². The zero-order valence-corrected chi connectivity index (χ0v) is 19.0. The maximum atomic E-state index is 12.1. The van der Waals surface area contributed by atoms with Gasteiger partial charge in [-0.1, -0.05) is 27.5 Å². The lowest BCUT2D eigenvalue weighted by atomic mass is 10.2. The predicted molar refractivity (Wildman–Crippen MR) is 118 cm³/mol. The molecule has 0 radical (unpaired) electrons. The largest absolute Gasteiger partial charge is 0.483 e. The summed E-state index contributed by atoms with van der Waals surface area (Å²) in [6.07, 6.45) is 2.73. The summed E-state index contributed by atoms with van der Waals surface area (Å²) in [4.78, 5) is 24.1. The van der Waals surface area contributed by atoms with Crippen molar-refractivity contribution in [2.24, 2.45) is 5.10 Å². The van der Waals surface area contributed by atoms with Gasteiger partial charge in [0.2, 0.25) is 5.76 Å². The number of carbonyl (C=O) groups excluding carboxylic acids is 2. The first kappa shape index (κ1) is 22.1. The van der Waals surface area contributed by atoms with Crippen LogP contribution >= 0.6 is 43.5 Å². The Balaban J connectivity index is 1.60. The third-order valence-corrected chi connectivity index (χ3v) is 4.89. The Morgan fingerprint density at radius 3 is 2.67 bits per heavy atom. The number of nitrogens with one attached hydrogen (secondary N) is 1. The highest BCUT2D eigenvalue weighted by atomic mass is 79.9. The molecule has 3 aromatic rings. The summed E-state index contributed by atoms with van der Waals surface area (Å²) in [6.45, 7) is -0.254. The summed E-state index contributed by atoms with van der Waals surface area (Å²) < 4.78 is 17.1. The molecule has 1 amide bonds. The smallest absolute Gasteiger partial charge is 0.379 e. The number of furan rings is 1. The maximum absolute atomic E-state index is 12.1. The van der Waals surface area contributed by atoms with Gasteiger partial charge >= 0.3 is 5.97 Å². The minimum atomic E-state index is -0.650. The van der Waals surface area contributed by atoms with Gasteiger partial charge in [-0.25, -0.2) is 10.2 Å². The van der Waals surface area contributed by atoms with Crippen LogP contribution in [0.3, 0.4) is 0 Å². The van der Waals surface area contributed by atoms with Crippen LogP contribution < -0.4 is 14.9 Å². The molecule has 0 fully saturated rings. The monoisotopic (exact) mass is 554 g/mol. The van der Waals surface area contributed by atoms with E-state index in [0.717, 1.165) is 4.47 Å². The molecule has 0 bridgehead atoms. The number of nitrogens with zero attached hydrogens (tertiary/aromatic N) is 1. The Kier molecular flexibility index (Phi) is 7.67. The molecule has 0 aliphatic rings. The quantitative estimate of drug-likeness (QED) is 0.187. The van der Waals surface area contributed by atoms with Crippen molar-refractivity contribution in [3.63, 3.8) is 0 Å². The molecule has 0 aliphatic heterocycles. The summed E-state index contributed by atoms with van der Waals surface area (Å²) >= 11 is 12.5. The fraction of sp³-hybridized carbons (Fsp3) is 0.0500. The van der Waals surface area contributed by atoms with E-state index < -0.39 is 11.9 Å². The van der Waals surface area contributed by atoms with Crippen molar-refractivity contribution < 1.29 is 23.5 Å². The van der Waals surface area contributed by atoms with Gasteiger partial charge in [0.1, 0.15) is 11.5 Å². The van der Waals surface area contributed by atoms with Gasteiger partial charge < -0.3 is 13.9 Å². The minimum Gasteiger partial charge on any atom is -0.483 e. The number of benzene rings is 2. The zero-order chi connectivity index (χ0) is 21.5. The third-order valence-electron chi connectivity index (χ3n) is 3.54. The van der Waals surface area contributed by atoms with Crippen molar-refractivity contribution >= 4 is 61.6 Å². The maximum Gasteiger partial charge on any atom is 0.379 e. The van der Waals surface area contributed by atoms with Crippen LogP contribution in [0.1, 0.15) is 16.1 Å². The lowest BCUT2D eigenvalue weighted by Crippen LogP contribution is -2.24. The van der Waals surface area contributed by atoms with E-state index >= 15 is 0 Å². The highest BCUT2D eigenvalue weighted by molar-refractivity contribution is 9.10. The molecule has 0 spiro atoms. The molecule has 0 atom stereocenters. The first-order valence-corrected chi connectivity index (χ1v) is 10.3. The van der Waals surface area contributed by atoms with E-state index in [2.05, 4.69) is 42.4 Å². The summed E-state index contributed by atoms with van der Waals surface area (Å²) in [7, 11) is 0. The van der Waals surface area contributed by atoms with Crippen molar-refractivity contribution in [3.8, 4) is 11.5 Å². The van der Waals surface area contributed by atoms with Crippen molar-refractivity contribution in [2.75, 3.05) is 6.61 Å². The van der Waals surface area contributed by atoms with E-state index in [9.17, 15) is 9.59 Å². The molecule has 30 heavy (non-hydrogen) atoms. The SMILES string of the molecule is O=C(COc1ccc(Cl)cc1Br)NN=Cc1cc(Br)ccc1OC(=O)c1ccco1. The van der Waals surface area contributed by atoms with E-state index in [1.165, 1.54) is 18.5 Å². The number of rotatable bonds is 7. The molecule has 1 N–H and O–H groups in total. The van der Waals surface area contributed by atoms with E-state index in [-0.39, 0.29) is 18.1 Å². The number of hydrazone groups is 1. The molecular weight excluding hydrogens is 543 g/mol. The number of hydrogen-bond donors (Lipinski definition) is 1. The Morgan fingerprint density at radius 2 is 1.93 bits per heavy atom. The molecule has 0 saturated heterocycles. The molecule has 1 heterocycles. The lowest BCUT2D eigenvalue weighted by Gasteiger charge is -2.08. The molecule has 154 valence electrons. The van der Waals surface area contributed by atoms with Gasteiger partial charge in [-0.15, -0.1) is 0 Å². The predicted octanol–water partition coefficient (Wildman–Crippen LogP) is 5.21. The van der Waals surface area contributed by atoms with Crippen LogP contribution in [0.25, 0.3) is 0 Å². The number of halogens is 3. The number of amides is 1. The second-order valence-electron chi connectivity index (χ2n) is 5.71. The van der Waals surface area contributed by atoms with Gasteiger partial charge in [0.05, 0.1) is 17.0 Å². The molecule has 0 saturated carbocycles. The first-order valence-electron chi connectivity index (χ1n) is 8.37. The Morgan fingerprint density at radius 1 is 1.13 bits per heavy atom. The number of esters is 1. The fourth-order valence-corrected chi connectivity index (χ4v) is 3.38. The molecule has 7 nitrogen and oxygen atoms in total. The molecule has 1 aromatic heterocycles. The average molecular weight is 557 g/mol. The molecule has 3 rings (SSSR count). The van der Waals surface area contributed by atoms with Crippen LogP contribution in [-0.2, 0) is 4.79 Å². The number of hydrogen-bond acceptors (Lipinski definition) is 6. The lowest BCUT2D eigenvalue weighted by molar-refractivity contribution is -0.123. The fourth-order valence-electron chi connectivity index (χ4n) is 2.20. The van der Waals surface area contributed by atoms with E-state index in [1.54, 1.807) is 42.5 Å². The average Bonchev–Trinajstić information content (AvgIpc) is 3.24. The summed E-state index contributed by atoms with van der Waals surface area (Å²) in [5.41, 5.74) is 2.81. The second kappa shape index (κ2) is 10.4. The minimum absolute atomic E-state index is 0.0691. The number of ether oxygens (including phenoxy) is 2. The van der Waals surface area contributed by atoms with E-state index in [4.69, 9.17) is 25.5 Å². The van der Waals surface area contributed by atoms with Crippen LogP contribution in [0, 0.1) is 0 Å². The molecule has 2 aromatic carbocycles. The van der Waals surface area contributed by atoms with Crippen LogP contribution in [0.15, 0.2) is 73.3 Å². The van der Waals surface area contributed by atoms with Crippen LogP contribution in [-0.4, -0.2) is 24.7 Å². The molecule has 10 heteroatoms. The Bertz CT molecular complexity index is 1090. The second-order valence-corrected chi connectivity index (χ2v) is 7.91. The van der Waals surface area contributed by atoms with Gasteiger partial charge in [0.25, 0.3) is 5.91 Å².